The average Bonchev–Trinajstić information content (AvgIpc) is 3.09. The summed E-state index contributed by atoms with van der Waals surface area (Å²) >= 11 is 0. The summed E-state index contributed by atoms with van der Waals surface area (Å²) in [7, 11) is 1.53. The maximum atomic E-state index is 13.3. The number of carbonyl (C=O) groups is 2. The van der Waals surface area contributed by atoms with Crippen molar-refractivity contribution in [2.75, 3.05) is 18.6 Å². The lowest BCUT2D eigenvalue weighted by Gasteiger charge is -2.27. The van der Waals surface area contributed by atoms with Gasteiger partial charge in [0.15, 0.2) is 0 Å². The van der Waals surface area contributed by atoms with E-state index in [1.807, 2.05) is 44.2 Å². The van der Waals surface area contributed by atoms with Gasteiger partial charge in [0.05, 0.1) is 25.3 Å². The van der Waals surface area contributed by atoms with Crippen molar-refractivity contribution in [1.29, 1.82) is 0 Å². The van der Waals surface area contributed by atoms with Crippen LogP contribution in [0.1, 0.15) is 29.7 Å². The summed E-state index contributed by atoms with van der Waals surface area (Å²) in [6, 6.07) is 20.5. The summed E-state index contributed by atoms with van der Waals surface area (Å²) in [5, 5.41) is 11.3. The molecule has 1 N–H and O–H groups in total. The molecule has 0 aliphatic carbocycles. The number of aryl methyl sites for hydroxylation is 1. The zero-order valence-corrected chi connectivity index (χ0v) is 18.7. The normalized spacial score (nSPS) is 17.3. The van der Waals surface area contributed by atoms with Crippen LogP contribution >= 0.6 is 0 Å². The predicted octanol–water partition coefficient (Wildman–Crippen LogP) is 5.03. The Hall–Kier alpha value is -4.06. The summed E-state index contributed by atoms with van der Waals surface area (Å²) in [6.45, 7) is 4.24. The third-order valence-electron chi connectivity index (χ3n) is 5.58. The molecule has 4 rings (SSSR count). The second-order valence-corrected chi connectivity index (χ2v) is 7.71. The summed E-state index contributed by atoms with van der Waals surface area (Å²) in [4.78, 5) is 28.0. The van der Waals surface area contributed by atoms with E-state index in [1.165, 1.54) is 12.0 Å². The highest BCUT2D eigenvalue weighted by atomic mass is 16.5. The molecule has 1 amide bonds. The molecule has 0 aromatic heterocycles. The third kappa shape index (κ3) is 4.07. The van der Waals surface area contributed by atoms with E-state index in [4.69, 9.17) is 9.47 Å². The van der Waals surface area contributed by atoms with Crippen LogP contribution in [0.25, 0.3) is 5.76 Å². The fraction of sp³-hybridized carbons (Fsp3) is 0.185. The Labute approximate surface area is 192 Å². The number of anilines is 1. The fourth-order valence-electron chi connectivity index (χ4n) is 4.12. The molecule has 1 fully saturated rings. The van der Waals surface area contributed by atoms with E-state index < -0.39 is 17.7 Å². The number of benzene rings is 3. The maximum absolute atomic E-state index is 13.3. The lowest BCUT2D eigenvalue weighted by atomic mass is 9.94. The Kier molecular flexibility index (Phi) is 6.18. The average molecular weight is 443 g/mol. The minimum atomic E-state index is -0.862. The molecule has 168 valence electrons. The van der Waals surface area contributed by atoms with Gasteiger partial charge in [-0.3, -0.25) is 14.5 Å². The van der Waals surface area contributed by atoms with Crippen LogP contribution in [-0.4, -0.2) is 30.5 Å². The van der Waals surface area contributed by atoms with Crippen molar-refractivity contribution in [2.45, 2.75) is 19.9 Å². The third-order valence-corrected chi connectivity index (χ3v) is 5.58. The van der Waals surface area contributed by atoms with Crippen molar-refractivity contribution in [2.24, 2.45) is 0 Å². The first-order valence-corrected chi connectivity index (χ1v) is 10.7. The molecule has 3 aromatic carbocycles. The zero-order valence-electron chi connectivity index (χ0n) is 18.7. The molecule has 1 saturated heterocycles. The number of Topliss-reactive ketones (excluding diaryl/α,β-unsaturated/α-hetero) is 1. The molecule has 1 aliphatic rings. The number of ketones is 1. The number of hydrogen-bond acceptors (Lipinski definition) is 5. The smallest absolute Gasteiger partial charge is 0.300 e. The summed E-state index contributed by atoms with van der Waals surface area (Å²) in [5.74, 6) is -0.661. The van der Waals surface area contributed by atoms with Gasteiger partial charge in [0.25, 0.3) is 11.7 Å². The summed E-state index contributed by atoms with van der Waals surface area (Å²) in [5.41, 5.74) is 2.50. The van der Waals surface area contributed by atoms with Crippen molar-refractivity contribution < 1.29 is 24.2 Å². The van der Waals surface area contributed by atoms with Crippen molar-refractivity contribution in [3.05, 3.63) is 95.1 Å². The van der Waals surface area contributed by atoms with E-state index in [0.717, 1.165) is 5.56 Å². The maximum Gasteiger partial charge on any atom is 0.300 e. The van der Waals surface area contributed by atoms with Crippen LogP contribution in [0.4, 0.5) is 5.69 Å². The van der Waals surface area contributed by atoms with Crippen LogP contribution < -0.4 is 14.4 Å². The molecule has 0 radical (unpaired) electrons. The first-order valence-electron chi connectivity index (χ1n) is 10.7. The van der Waals surface area contributed by atoms with Gasteiger partial charge in [-0.15, -0.1) is 0 Å². The van der Waals surface area contributed by atoms with Gasteiger partial charge >= 0.3 is 0 Å². The highest BCUT2D eigenvalue weighted by Gasteiger charge is 2.47. The Morgan fingerprint density at radius 1 is 1.00 bits per heavy atom. The van der Waals surface area contributed by atoms with E-state index in [0.29, 0.717) is 34.9 Å². The SMILES string of the molecule is CCOc1cccc(/C(O)=C2\C(=O)C(=O)N(c3cccc(C)c3)C2c2ccccc2OC)c1. The lowest BCUT2D eigenvalue weighted by Crippen LogP contribution is -2.29. The molecule has 1 unspecified atom stereocenters. The number of para-hydroxylation sites is 1. The summed E-state index contributed by atoms with van der Waals surface area (Å²) < 4.78 is 11.1. The zero-order chi connectivity index (χ0) is 23.5. The molecule has 0 spiro atoms. The molecular weight excluding hydrogens is 418 g/mol. The Bertz CT molecular complexity index is 1250. The van der Waals surface area contributed by atoms with Crippen LogP contribution in [-0.2, 0) is 9.59 Å². The summed E-state index contributed by atoms with van der Waals surface area (Å²) in [6.07, 6.45) is 0. The Morgan fingerprint density at radius 2 is 1.76 bits per heavy atom. The van der Waals surface area contributed by atoms with Gasteiger partial charge in [-0.1, -0.05) is 42.5 Å². The molecule has 6 nitrogen and oxygen atoms in total. The molecule has 1 aliphatic heterocycles. The van der Waals surface area contributed by atoms with Crippen molar-refractivity contribution in [3.8, 4) is 11.5 Å². The number of rotatable bonds is 6. The second-order valence-electron chi connectivity index (χ2n) is 7.71. The topological polar surface area (TPSA) is 76.1 Å². The van der Waals surface area contributed by atoms with Crippen molar-refractivity contribution in [3.63, 3.8) is 0 Å². The van der Waals surface area contributed by atoms with Gasteiger partial charge in [0.1, 0.15) is 17.3 Å². The number of methoxy groups -OCH3 is 1. The fourth-order valence-corrected chi connectivity index (χ4v) is 4.12. The van der Waals surface area contributed by atoms with E-state index >= 15 is 0 Å². The van der Waals surface area contributed by atoms with E-state index in [1.54, 1.807) is 42.5 Å². The van der Waals surface area contributed by atoms with Crippen molar-refractivity contribution in [1.82, 2.24) is 0 Å². The minimum absolute atomic E-state index is 0.000320. The van der Waals surface area contributed by atoms with Crippen LogP contribution in [0.3, 0.4) is 0 Å². The Morgan fingerprint density at radius 3 is 2.48 bits per heavy atom. The van der Waals surface area contributed by atoms with Crippen LogP contribution in [0.15, 0.2) is 78.4 Å². The highest BCUT2D eigenvalue weighted by molar-refractivity contribution is 6.51. The highest BCUT2D eigenvalue weighted by Crippen LogP contribution is 2.45. The molecule has 33 heavy (non-hydrogen) atoms. The lowest BCUT2D eigenvalue weighted by molar-refractivity contribution is -0.132. The molecule has 1 heterocycles. The molecular formula is C27H25NO5. The number of nitrogens with zero attached hydrogens (tertiary/aromatic N) is 1. The van der Waals surface area contributed by atoms with Gasteiger partial charge in [-0.25, -0.2) is 0 Å². The van der Waals surface area contributed by atoms with Gasteiger partial charge in [0, 0.05) is 16.8 Å². The number of amides is 1. The second kappa shape index (κ2) is 9.20. The van der Waals surface area contributed by atoms with Crippen LogP contribution in [0, 0.1) is 6.92 Å². The molecule has 0 saturated carbocycles. The van der Waals surface area contributed by atoms with E-state index in [2.05, 4.69) is 0 Å². The number of aliphatic hydroxyl groups is 1. The Balaban J connectivity index is 1.97. The minimum Gasteiger partial charge on any atom is -0.507 e. The van der Waals surface area contributed by atoms with Crippen LogP contribution in [0.5, 0.6) is 11.5 Å². The van der Waals surface area contributed by atoms with Gasteiger partial charge in [0.2, 0.25) is 0 Å². The van der Waals surface area contributed by atoms with Gasteiger partial charge < -0.3 is 14.6 Å². The van der Waals surface area contributed by atoms with Gasteiger partial charge in [-0.05, 0) is 49.7 Å². The first kappa shape index (κ1) is 22.1. The van der Waals surface area contributed by atoms with Crippen molar-refractivity contribution >= 4 is 23.1 Å². The first-order chi connectivity index (χ1) is 16.0. The van der Waals surface area contributed by atoms with Crippen LogP contribution in [0.2, 0.25) is 0 Å². The quantitative estimate of drug-likeness (QED) is 0.329. The number of aliphatic hydroxyl groups excluding tert-OH is 1. The van der Waals surface area contributed by atoms with E-state index in [9.17, 15) is 14.7 Å². The molecule has 3 aromatic rings. The van der Waals surface area contributed by atoms with E-state index in [-0.39, 0.29) is 11.3 Å². The number of carbonyl (C=O) groups excluding carboxylic acids is 2. The molecule has 0 bridgehead atoms. The molecule has 1 atom stereocenters. The van der Waals surface area contributed by atoms with Gasteiger partial charge in [-0.2, -0.15) is 0 Å². The number of hydrogen-bond donors (Lipinski definition) is 1. The monoisotopic (exact) mass is 443 g/mol. The number of ether oxygens (including phenoxy) is 2. The molecule has 6 heteroatoms. The predicted molar refractivity (Wildman–Crippen MR) is 127 cm³/mol. The largest absolute Gasteiger partial charge is 0.507 e. The standard InChI is InChI=1S/C27H25NO5/c1-4-33-20-12-8-10-18(16-20)25(29)23-24(21-13-5-6-14-22(21)32-3)28(27(31)26(23)30)19-11-7-9-17(2)15-19/h5-16,24,29H,4H2,1-3H3/b25-23+.